The molecule has 0 bridgehead atoms. The third-order valence-corrected chi connectivity index (χ3v) is 1.76. The second-order valence-corrected chi connectivity index (χ2v) is 2.60. The fourth-order valence-corrected chi connectivity index (χ4v) is 1.15. The molecule has 0 spiro atoms. The Kier molecular flexibility index (Phi) is 1.63. The molecule has 0 aromatic carbocycles. The Morgan fingerprint density at radius 3 is 2.62 bits per heavy atom. The van der Waals surface area contributed by atoms with E-state index in [1.807, 2.05) is 12.1 Å². The zero-order valence-electron chi connectivity index (χ0n) is 6.65. The van der Waals surface area contributed by atoms with E-state index in [1.54, 1.807) is 12.3 Å². The predicted octanol–water partition coefficient (Wildman–Crippen LogP) is 1.92. The van der Waals surface area contributed by atoms with Crippen molar-refractivity contribution in [2.75, 3.05) is 0 Å². The number of nitro groups is 1. The molecule has 0 amide bonds. The van der Waals surface area contributed by atoms with Gasteiger partial charge in [0, 0.05) is 12.3 Å². The molecule has 66 valence electrons. The maximum atomic E-state index is 10.3. The first kappa shape index (κ1) is 7.60. The average Bonchev–Trinajstić information content (AvgIpc) is 2.75. The molecule has 2 aromatic heterocycles. The topological polar surface area (TPSA) is 74.7 Å². The summed E-state index contributed by atoms with van der Waals surface area (Å²) in [6.45, 7) is 0. The molecule has 0 unspecified atom stereocenters. The number of aromatic nitrogens is 2. The molecule has 0 aliphatic rings. The van der Waals surface area contributed by atoms with Crippen molar-refractivity contribution in [1.82, 2.24) is 9.97 Å². The summed E-state index contributed by atoms with van der Waals surface area (Å²) in [4.78, 5) is 15.5. The normalized spacial score (nSPS) is 10.2. The Bertz CT molecular complexity index is 416. The van der Waals surface area contributed by atoms with Crippen molar-refractivity contribution in [1.29, 1.82) is 0 Å². The van der Waals surface area contributed by atoms with E-state index in [0.29, 0.717) is 0 Å². The van der Waals surface area contributed by atoms with Gasteiger partial charge in [-0.05, 0) is 23.1 Å². The lowest BCUT2D eigenvalue weighted by molar-refractivity contribution is -0.389. The van der Waals surface area contributed by atoms with E-state index in [-0.39, 0.29) is 5.82 Å². The average molecular weight is 177 g/mol. The van der Waals surface area contributed by atoms with E-state index in [0.717, 1.165) is 11.4 Å². The molecule has 5 nitrogen and oxygen atoms in total. The first-order valence-corrected chi connectivity index (χ1v) is 3.74. The number of aromatic amines is 2. The number of nitrogens with one attached hydrogen (secondary N) is 2. The van der Waals surface area contributed by atoms with Gasteiger partial charge >= 0.3 is 5.82 Å². The van der Waals surface area contributed by atoms with E-state index < -0.39 is 4.92 Å². The van der Waals surface area contributed by atoms with Gasteiger partial charge in [0.25, 0.3) is 0 Å². The van der Waals surface area contributed by atoms with Gasteiger partial charge in [-0.25, -0.2) is 4.98 Å². The molecule has 0 saturated heterocycles. The predicted molar refractivity (Wildman–Crippen MR) is 47.2 cm³/mol. The summed E-state index contributed by atoms with van der Waals surface area (Å²) >= 11 is 0. The lowest BCUT2D eigenvalue weighted by Gasteiger charge is -1.88. The minimum Gasteiger partial charge on any atom is -0.358 e. The van der Waals surface area contributed by atoms with Crippen LogP contribution in [0.4, 0.5) is 5.82 Å². The van der Waals surface area contributed by atoms with Crippen molar-refractivity contribution < 1.29 is 4.92 Å². The molecule has 2 heterocycles. The first-order chi connectivity index (χ1) is 6.27. The third kappa shape index (κ3) is 1.31. The number of hydrogen-bond donors (Lipinski definition) is 2. The fraction of sp³-hybridized carbons (Fsp3) is 0. The Balaban J connectivity index is 2.39. The minimum absolute atomic E-state index is 0.00426. The quantitative estimate of drug-likeness (QED) is 0.543. The molecular formula is C8H7N3O2. The fourth-order valence-electron chi connectivity index (χ4n) is 1.15. The molecule has 0 saturated carbocycles. The summed E-state index contributed by atoms with van der Waals surface area (Å²) in [5.41, 5.74) is 1.56. The van der Waals surface area contributed by atoms with Crippen molar-refractivity contribution in [3.63, 3.8) is 0 Å². The first-order valence-electron chi connectivity index (χ1n) is 3.74. The summed E-state index contributed by atoms with van der Waals surface area (Å²) in [5.74, 6) is 0.00426. The SMILES string of the molecule is O=[N+]([O-])c1ccc(-c2ccc[nH]2)[nH]1. The van der Waals surface area contributed by atoms with E-state index >= 15 is 0 Å². The van der Waals surface area contributed by atoms with Crippen LogP contribution in [0, 0.1) is 10.1 Å². The molecule has 2 N–H and O–H groups in total. The molecule has 5 heteroatoms. The van der Waals surface area contributed by atoms with Gasteiger partial charge in [0.15, 0.2) is 0 Å². The van der Waals surface area contributed by atoms with Crippen LogP contribution < -0.4 is 0 Å². The Morgan fingerprint density at radius 1 is 1.23 bits per heavy atom. The lowest BCUT2D eigenvalue weighted by Crippen LogP contribution is -1.87. The zero-order valence-corrected chi connectivity index (χ0v) is 6.65. The van der Waals surface area contributed by atoms with Gasteiger partial charge in [0.2, 0.25) is 0 Å². The highest BCUT2D eigenvalue weighted by Crippen LogP contribution is 2.19. The highest BCUT2D eigenvalue weighted by molar-refractivity contribution is 5.56. The molecule has 13 heavy (non-hydrogen) atoms. The molecule has 0 radical (unpaired) electrons. The van der Waals surface area contributed by atoms with E-state index in [2.05, 4.69) is 9.97 Å². The van der Waals surface area contributed by atoms with Gasteiger partial charge in [0.1, 0.15) is 5.69 Å². The highest BCUT2D eigenvalue weighted by atomic mass is 16.6. The van der Waals surface area contributed by atoms with Crippen LogP contribution in [0.5, 0.6) is 0 Å². The van der Waals surface area contributed by atoms with Crippen LogP contribution in [0.1, 0.15) is 0 Å². The van der Waals surface area contributed by atoms with Crippen LogP contribution >= 0.6 is 0 Å². The summed E-state index contributed by atoms with van der Waals surface area (Å²) in [6, 6.07) is 6.79. The Hall–Kier alpha value is -2.04. The minimum atomic E-state index is -0.452. The maximum absolute atomic E-state index is 10.3. The van der Waals surface area contributed by atoms with Crippen LogP contribution in [0.15, 0.2) is 30.5 Å². The molecular weight excluding hydrogens is 170 g/mol. The number of rotatable bonds is 2. The molecule has 0 atom stereocenters. The van der Waals surface area contributed by atoms with Crippen molar-refractivity contribution >= 4 is 5.82 Å². The summed E-state index contributed by atoms with van der Waals surface area (Å²) in [7, 11) is 0. The Morgan fingerprint density at radius 2 is 2.08 bits per heavy atom. The van der Waals surface area contributed by atoms with Crippen LogP contribution in [0.25, 0.3) is 11.4 Å². The summed E-state index contributed by atoms with van der Waals surface area (Å²) in [6.07, 6.45) is 1.77. The second kappa shape index (κ2) is 2.78. The van der Waals surface area contributed by atoms with E-state index in [9.17, 15) is 10.1 Å². The van der Waals surface area contributed by atoms with Gasteiger partial charge in [-0.3, -0.25) is 0 Å². The number of H-pyrrole nitrogens is 2. The largest absolute Gasteiger partial charge is 0.358 e. The van der Waals surface area contributed by atoms with Crippen molar-refractivity contribution in [3.05, 3.63) is 40.6 Å². The van der Waals surface area contributed by atoms with Crippen LogP contribution in [-0.2, 0) is 0 Å². The van der Waals surface area contributed by atoms with E-state index in [4.69, 9.17) is 0 Å². The van der Waals surface area contributed by atoms with Gasteiger partial charge in [-0.1, -0.05) is 0 Å². The van der Waals surface area contributed by atoms with Crippen LogP contribution in [0.2, 0.25) is 0 Å². The standard InChI is InChI=1S/C8H7N3O2/c12-11(13)8-4-3-7(10-8)6-2-1-5-9-6/h1-5,9-10H. The molecule has 0 aliphatic heterocycles. The van der Waals surface area contributed by atoms with Crippen molar-refractivity contribution in [2.45, 2.75) is 0 Å². The van der Waals surface area contributed by atoms with Gasteiger partial charge in [-0.2, -0.15) is 0 Å². The van der Waals surface area contributed by atoms with Gasteiger partial charge in [-0.15, -0.1) is 0 Å². The van der Waals surface area contributed by atoms with Crippen LogP contribution in [0.3, 0.4) is 0 Å². The molecule has 0 fully saturated rings. The second-order valence-electron chi connectivity index (χ2n) is 2.60. The van der Waals surface area contributed by atoms with Gasteiger partial charge < -0.3 is 15.1 Å². The monoisotopic (exact) mass is 177 g/mol. The van der Waals surface area contributed by atoms with Crippen LogP contribution in [-0.4, -0.2) is 14.9 Å². The smallest absolute Gasteiger partial charge is 0.321 e. The third-order valence-electron chi connectivity index (χ3n) is 1.76. The van der Waals surface area contributed by atoms with Gasteiger partial charge in [0.05, 0.1) is 5.69 Å². The summed E-state index contributed by atoms with van der Waals surface area (Å²) in [5, 5.41) is 10.3. The lowest BCUT2D eigenvalue weighted by atomic mass is 10.3. The van der Waals surface area contributed by atoms with Crippen molar-refractivity contribution in [3.8, 4) is 11.4 Å². The zero-order chi connectivity index (χ0) is 9.26. The highest BCUT2D eigenvalue weighted by Gasteiger charge is 2.09. The maximum Gasteiger partial charge on any atom is 0.321 e. The summed E-state index contributed by atoms with van der Waals surface area (Å²) < 4.78 is 0. The molecule has 0 aliphatic carbocycles. The number of nitrogens with zero attached hydrogens (tertiary/aromatic N) is 1. The molecule has 2 rings (SSSR count). The Labute approximate surface area is 73.6 Å². The number of hydrogen-bond acceptors (Lipinski definition) is 2. The van der Waals surface area contributed by atoms with Crippen molar-refractivity contribution in [2.24, 2.45) is 0 Å². The molecule has 2 aromatic rings. The van der Waals surface area contributed by atoms with E-state index in [1.165, 1.54) is 6.07 Å².